The fourth-order valence-corrected chi connectivity index (χ4v) is 5.71. The van der Waals surface area contributed by atoms with Gasteiger partial charge in [-0.3, -0.25) is 14.8 Å². The van der Waals surface area contributed by atoms with Crippen molar-refractivity contribution in [3.05, 3.63) is 51.8 Å². The number of benzene rings is 1. The highest BCUT2D eigenvalue weighted by atomic mass is 35.5. The lowest BCUT2D eigenvalue weighted by Crippen LogP contribution is -2.12. The van der Waals surface area contributed by atoms with E-state index >= 15 is 0 Å². The van der Waals surface area contributed by atoms with Gasteiger partial charge in [0.2, 0.25) is 0 Å². The van der Waals surface area contributed by atoms with Crippen LogP contribution in [0.15, 0.2) is 35.4 Å². The number of aromatic nitrogens is 2. The number of nitro benzene ring substituents is 1. The topological polar surface area (TPSA) is 61.0 Å². The first-order valence-corrected chi connectivity index (χ1v) is 8.45. The SMILES string of the molecule is Cn1cc2c(n1)[C@@H]1C[C@@H](Cl)[C@H]2C1Sc1ccc([N+](=O)[O-])cc1. The van der Waals surface area contributed by atoms with Gasteiger partial charge in [-0.05, 0) is 24.1 Å². The van der Waals surface area contributed by atoms with E-state index in [0.29, 0.717) is 17.1 Å². The molecule has 2 aliphatic carbocycles. The summed E-state index contributed by atoms with van der Waals surface area (Å²) in [6, 6.07) is 6.76. The summed E-state index contributed by atoms with van der Waals surface area (Å²) in [5, 5.41) is 15.9. The zero-order chi connectivity index (χ0) is 15.4. The van der Waals surface area contributed by atoms with Crippen LogP contribution in [-0.4, -0.2) is 25.3 Å². The summed E-state index contributed by atoms with van der Waals surface area (Å²) in [7, 11) is 1.94. The number of hydrogen-bond acceptors (Lipinski definition) is 4. The predicted molar refractivity (Wildman–Crippen MR) is 85.7 cm³/mol. The van der Waals surface area contributed by atoms with Crippen molar-refractivity contribution in [1.29, 1.82) is 0 Å². The van der Waals surface area contributed by atoms with E-state index in [1.54, 1.807) is 23.9 Å². The standard InChI is InChI=1S/C15H14ClN3O2S/c1-18-7-11-13-12(16)6-10(14(11)17-18)15(13)22-9-4-2-8(3-5-9)19(20)21/h2-5,7,10,12-13,15H,6H2,1H3/t10-,12+,13-,15?/m0/s1. The molecule has 2 bridgehead atoms. The van der Waals surface area contributed by atoms with Crippen LogP contribution in [-0.2, 0) is 7.05 Å². The third-order valence-corrected chi connectivity index (χ3v) is 6.42. The molecule has 4 atom stereocenters. The molecule has 4 rings (SSSR count). The largest absolute Gasteiger partial charge is 0.275 e. The maximum absolute atomic E-state index is 10.7. The molecule has 0 spiro atoms. The van der Waals surface area contributed by atoms with Crippen LogP contribution in [0.4, 0.5) is 5.69 Å². The van der Waals surface area contributed by atoms with Crippen molar-refractivity contribution in [3.63, 3.8) is 0 Å². The van der Waals surface area contributed by atoms with Gasteiger partial charge in [-0.1, -0.05) is 0 Å². The number of non-ortho nitro benzene ring substituents is 1. The molecule has 1 aromatic heterocycles. The van der Waals surface area contributed by atoms with Crippen LogP contribution in [0.3, 0.4) is 0 Å². The van der Waals surface area contributed by atoms with Crippen molar-refractivity contribution in [2.45, 2.75) is 33.8 Å². The van der Waals surface area contributed by atoms with Gasteiger partial charge in [0.15, 0.2) is 0 Å². The van der Waals surface area contributed by atoms with Crippen molar-refractivity contribution in [2.24, 2.45) is 7.05 Å². The summed E-state index contributed by atoms with van der Waals surface area (Å²) in [6.07, 6.45) is 3.04. The molecule has 0 amide bonds. The van der Waals surface area contributed by atoms with Crippen molar-refractivity contribution < 1.29 is 4.92 Å². The van der Waals surface area contributed by atoms with Gasteiger partial charge in [-0.15, -0.1) is 23.4 Å². The summed E-state index contributed by atoms with van der Waals surface area (Å²) < 4.78 is 1.87. The number of alkyl halides is 1. The quantitative estimate of drug-likeness (QED) is 0.487. The second kappa shape index (κ2) is 4.99. The molecule has 7 heteroatoms. The number of fused-ring (bicyclic) bond motifs is 5. The van der Waals surface area contributed by atoms with Crippen LogP contribution >= 0.6 is 23.4 Å². The molecule has 0 N–H and O–H groups in total. The Morgan fingerprint density at radius 2 is 2.14 bits per heavy atom. The highest BCUT2D eigenvalue weighted by Gasteiger charge is 2.53. The Balaban J connectivity index is 1.60. The lowest BCUT2D eigenvalue weighted by molar-refractivity contribution is -0.384. The van der Waals surface area contributed by atoms with Gasteiger partial charge >= 0.3 is 0 Å². The molecule has 22 heavy (non-hydrogen) atoms. The smallest absolute Gasteiger partial charge is 0.269 e. The average molecular weight is 336 g/mol. The molecule has 2 aliphatic rings. The number of thioether (sulfide) groups is 1. The number of hydrogen-bond donors (Lipinski definition) is 0. The van der Waals surface area contributed by atoms with Crippen LogP contribution in [0, 0.1) is 10.1 Å². The lowest BCUT2D eigenvalue weighted by atomic mass is 9.98. The van der Waals surface area contributed by atoms with Crippen LogP contribution in [0.2, 0.25) is 0 Å². The monoisotopic (exact) mass is 335 g/mol. The second-order valence-electron chi connectivity index (χ2n) is 5.86. The molecule has 0 aliphatic heterocycles. The van der Waals surface area contributed by atoms with Crippen LogP contribution in [0.25, 0.3) is 0 Å². The molecule has 1 saturated carbocycles. The molecule has 5 nitrogen and oxygen atoms in total. The Morgan fingerprint density at radius 1 is 1.41 bits per heavy atom. The first-order chi connectivity index (χ1) is 10.5. The summed E-state index contributed by atoms with van der Waals surface area (Å²) in [6.45, 7) is 0. The van der Waals surface area contributed by atoms with Crippen molar-refractivity contribution in [1.82, 2.24) is 9.78 Å². The fourth-order valence-electron chi connectivity index (χ4n) is 3.65. The van der Waals surface area contributed by atoms with E-state index in [9.17, 15) is 10.1 Å². The molecular weight excluding hydrogens is 322 g/mol. The van der Waals surface area contributed by atoms with Gasteiger partial charge in [-0.25, -0.2) is 0 Å². The van der Waals surface area contributed by atoms with Crippen LogP contribution < -0.4 is 0 Å². The fraction of sp³-hybridized carbons (Fsp3) is 0.400. The third-order valence-electron chi connectivity index (χ3n) is 4.54. The normalized spacial score (nSPS) is 28.8. The molecule has 114 valence electrons. The number of aryl methyl sites for hydroxylation is 1. The van der Waals surface area contributed by atoms with Gasteiger partial charge in [0, 0.05) is 52.7 Å². The number of nitro groups is 1. The molecule has 1 unspecified atom stereocenters. The minimum Gasteiger partial charge on any atom is -0.275 e. The Kier molecular flexibility index (Phi) is 3.20. The first kappa shape index (κ1) is 14.1. The van der Waals surface area contributed by atoms with E-state index in [1.807, 2.05) is 23.9 Å². The van der Waals surface area contributed by atoms with E-state index in [4.69, 9.17) is 11.6 Å². The highest BCUT2D eigenvalue weighted by Crippen LogP contribution is 2.60. The number of rotatable bonds is 3. The lowest BCUT2D eigenvalue weighted by Gasteiger charge is -2.17. The van der Waals surface area contributed by atoms with E-state index in [-0.39, 0.29) is 16.0 Å². The summed E-state index contributed by atoms with van der Waals surface area (Å²) in [5.74, 6) is 0.694. The first-order valence-electron chi connectivity index (χ1n) is 7.13. The van der Waals surface area contributed by atoms with Gasteiger partial charge in [0.1, 0.15) is 0 Å². The number of nitrogens with zero attached hydrogens (tertiary/aromatic N) is 3. The van der Waals surface area contributed by atoms with Gasteiger partial charge in [0.05, 0.1) is 10.6 Å². The van der Waals surface area contributed by atoms with E-state index < -0.39 is 0 Å². The Morgan fingerprint density at radius 3 is 2.82 bits per heavy atom. The molecule has 2 aromatic rings. The zero-order valence-electron chi connectivity index (χ0n) is 11.8. The van der Waals surface area contributed by atoms with Crippen molar-refractivity contribution in [3.8, 4) is 0 Å². The summed E-state index contributed by atoms with van der Waals surface area (Å²) in [4.78, 5) is 11.4. The Bertz CT molecular complexity index is 746. The summed E-state index contributed by atoms with van der Waals surface area (Å²) >= 11 is 8.30. The molecule has 0 saturated heterocycles. The third kappa shape index (κ3) is 2.05. The highest BCUT2D eigenvalue weighted by molar-refractivity contribution is 8.00. The molecule has 1 aromatic carbocycles. The van der Waals surface area contributed by atoms with Crippen molar-refractivity contribution in [2.75, 3.05) is 0 Å². The van der Waals surface area contributed by atoms with E-state index in [2.05, 4.69) is 11.3 Å². The van der Waals surface area contributed by atoms with Gasteiger partial charge in [-0.2, -0.15) is 5.10 Å². The van der Waals surface area contributed by atoms with Crippen LogP contribution in [0.5, 0.6) is 0 Å². The van der Waals surface area contributed by atoms with E-state index in [1.165, 1.54) is 11.3 Å². The minimum atomic E-state index is -0.373. The zero-order valence-corrected chi connectivity index (χ0v) is 13.4. The molecular formula is C15H14ClN3O2S. The van der Waals surface area contributed by atoms with Crippen LogP contribution in [0.1, 0.15) is 29.5 Å². The average Bonchev–Trinajstić information content (AvgIpc) is 3.07. The second-order valence-corrected chi connectivity index (χ2v) is 7.67. The maximum atomic E-state index is 10.7. The molecule has 1 fully saturated rings. The summed E-state index contributed by atoms with van der Waals surface area (Å²) in [5.41, 5.74) is 2.58. The van der Waals surface area contributed by atoms with Crippen molar-refractivity contribution >= 4 is 29.1 Å². The molecule has 0 radical (unpaired) electrons. The number of halogens is 1. The Labute approximate surface area is 136 Å². The minimum absolute atomic E-state index is 0.125. The van der Waals surface area contributed by atoms with Gasteiger partial charge < -0.3 is 0 Å². The predicted octanol–water partition coefficient (Wildman–Crippen LogP) is 3.68. The van der Waals surface area contributed by atoms with E-state index in [0.717, 1.165) is 11.3 Å². The van der Waals surface area contributed by atoms with Gasteiger partial charge in [0.25, 0.3) is 5.69 Å². The molecule has 1 heterocycles. The Hall–Kier alpha value is -1.53. The maximum Gasteiger partial charge on any atom is 0.269 e.